The van der Waals surface area contributed by atoms with Gasteiger partial charge in [-0.05, 0) is 52.7 Å². The van der Waals surface area contributed by atoms with Gasteiger partial charge in [-0.3, -0.25) is 4.79 Å². The lowest BCUT2D eigenvalue weighted by atomic mass is 10.1. The van der Waals surface area contributed by atoms with Crippen LogP contribution in [0.25, 0.3) is 0 Å². The Labute approximate surface area is 171 Å². The van der Waals surface area contributed by atoms with E-state index in [0.29, 0.717) is 23.5 Å². The average molecular weight is 474 g/mol. The maximum absolute atomic E-state index is 12.8. The van der Waals surface area contributed by atoms with Gasteiger partial charge in [-0.25, -0.2) is 13.2 Å². The zero-order valence-electron chi connectivity index (χ0n) is 15.2. The van der Waals surface area contributed by atoms with Gasteiger partial charge in [-0.2, -0.15) is 4.31 Å². The number of carbonyl (C=O) groups is 2. The molecule has 0 unspecified atom stereocenters. The summed E-state index contributed by atoms with van der Waals surface area (Å²) in [6.45, 7) is 5.43. The molecule has 0 aliphatic carbocycles. The van der Waals surface area contributed by atoms with E-state index < -0.39 is 22.6 Å². The number of Topliss-reactive ketones (excluding diaryl/α,β-unsaturated/α-hetero) is 1. The molecule has 0 aliphatic heterocycles. The number of carbonyl (C=O) groups excluding carboxylic acids is 2. The summed E-state index contributed by atoms with van der Waals surface area (Å²) in [6.07, 6.45) is 0. The van der Waals surface area contributed by atoms with Crippen molar-refractivity contribution >= 4 is 49.0 Å². The van der Waals surface area contributed by atoms with Crippen molar-refractivity contribution in [3.8, 4) is 0 Å². The molecule has 0 aliphatic rings. The summed E-state index contributed by atoms with van der Waals surface area (Å²) in [5.74, 6) is -1.06. The largest absolute Gasteiger partial charge is 0.454 e. The average Bonchev–Trinajstić information content (AvgIpc) is 3.07. The molecular formula is C18H20BrNO5S2. The summed E-state index contributed by atoms with van der Waals surface area (Å²) in [6, 6.07) is 7.74. The number of ether oxygens (including phenoxy) is 1. The Morgan fingerprint density at radius 3 is 2.37 bits per heavy atom. The van der Waals surface area contributed by atoms with Gasteiger partial charge in [0.05, 0.1) is 19.1 Å². The lowest BCUT2D eigenvalue weighted by molar-refractivity contribution is 0.0475. The molecule has 0 fully saturated rings. The Balaban J connectivity index is 2.19. The smallest absolute Gasteiger partial charge is 0.338 e. The summed E-state index contributed by atoms with van der Waals surface area (Å²) >= 11 is 4.52. The second-order valence-electron chi connectivity index (χ2n) is 5.67. The van der Waals surface area contributed by atoms with E-state index in [2.05, 4.69) is 15.9 Å². The third-order valence-electron chi connectivity index (χ3n) is 3.93. The molecule has 146 valence electrons. The molecule has 0 spiro atoms. The lowest BCUT2D eigenvalue weighted by Crippen LogP contribution is -2.31. The molecule has 27 heavy (non-hydrogen) atoms. The van der Waals surface area contributed by atoms with E-state index in [1.165, 1.54) is 27.8 Å². The lowest BCUT2D eigenvalue weighted by Gasteiger charge is -2.20. The topological polar surface area (TPSA) is 80.8 Å². The van der Waals surface area contributed by atoms with Gasteiger partial charge in [0, 0.05) is 13.1 Å². The van der Waals surface area contributed by atoms with Crippen LogP contribution in [0.4, 0.5) is 0 Å². The van der Waals surface area contributed by atoms with E-state index in [4.69, 9.17) is 4.74 Å². The summed E-state index contributed by atoms with van der Waals surface area (Å²) in [4.78, 5) is 24.9. The number of thiophene rings is 1. The van der Waals surface area contributed by atoms with Crippen molar-refractivity contribution in [3.63, 3.8) is 0 Å². The number of aryl methyl sites for hydroxylation is 1. The molecule has 1 aromatic heterocycles. The first-order chi connectivity index (χ1) is 12.7. The zero-order chi connectivity index (χ0) is 20.2. The minimum atomic E-state index is -3.70. The van der Waals surface area contributed by atoms with Crippen molar-refractivity contribution in [2.24, 2.45) is 0 Å². The first-order valence-electron chi connectivity index (χ1n) is 8.27. The van der Waals surface area contributed by atoms with Gasteiger partial charge in [0.25, 0.3) is 0 Å². The van der Waals surface area contributed by atoms with Crippen LogP contribution >= 0.6 is 27.3 Å². The molecule has 0 N–H and O–H groups in total. The number of benzene rings is 1. The van der Waals surface area contributed by atoms with Crippen molar-refractivity contribution in [2.45, 2.75) is 25.7 Å². The Morgan fingerprint density at radius 2 is 1.81 bits per heavy atom. The Hall–Kier alpha value is -1.55. The number of hydrogen-bond donors (Lipinski definition) is 0. The summed E-state index contributed by atoms with van der Waals surface area (Å²) in [7, 11) is -3.70. The van der Waals surface area contributed by atoms with Crippen molar-refractivity contribution in [3.05, 3.63) is 50.1 Å². The zero-order valence-corrected chi connectivity index (χ0v) is 18.4. The normalized spacial score (nSPS) is 11.6. The molecular weight excluding hydrogens is 454 g/mol. The van der Waals surface area contributed by atoms with E-state index in [0.717, 1.165) is 3.79 Å². The van der Waals surface area contributed by atoms with Gasteiger partial charge in [-0.1, -0.05) is 19.9 Å². The van der Waals surface area contributed by atoms with Crippen LogP contribution in [0.3, 0.4) is 0 Å². The maximum atomic E-state index is 12.8. The Kier molecular flexibility index (Phi) is 7.32. The molecule has 0 atom stereocenters. The number of ketones is 1. The second-order valence-corrected chi connectivity index (χ2v) is 10.0. The third kappa shape index (κ3) is 5.04. The van der Waals surface area contributed by atoms with Crippen LogP contribution in [0.2, 0.25) is 0 Å². The summed E-state index contributed by atoms with van der Waals surface area (Å²) in [5.41, 5.74) is 0.629. The quantitative estimate of drug-likeness (QED) is 0.429. The molecule has 6 nitrogen and oxygen atoms in total. The highest BCUT2D eigenvalue weighted by Crippen LogP contribution is 2.23. The first-order valence-corrected chi connectivity index (χ1v) is 11.3. The number of hydrogen-bond acceptors (Lipinski definition) is 6. The second kappa shape index (κ2) is 9.09. The highest BCUT2D eigenvalue weighted by molar-refractivity contribution is 9.11. The minimum absolute atomic E-state index is 0.0640. The molecule has 9 heteroatoms. The van der Waals surface area contributed by atoms with Gasteiger partial charge < -0.3 is 4.74 Å². The molecule has 0 saturated carbocycles. The summed E-state index contributed by atoms with van der Waals surface area (Å²) < 4.78 is 32.7. The number of halogens is 1. The molecule has 1 aromatic carbocycles. The first kappa shape index (κ1) is 21.7. The molecule has 0 saturated heterocycles. The highest BCUT2D eigenvalue weighted by atomic mass is 79.9. The Morgan fingerprint density at radius 1 is 1.15 bits per heavy atom. The maximum Gasteiger partial charge on any atom is 0.338 e. The van der Waals surface area contributed by atoms with Gasteiger partial charge in [0.1, 0.15) is 0 Å². The monoisotopic (exact) mass is 473 g/mol. The van der Waals surface area contributed by atoms with Gasteiger partial charge in [-0.15, -0.1) is 11.3 Å². The number of rotatable bonds is 8. The SMILES string of the molecule is CCN(CC)S(=O)(=O)c1cc(C(=O)OCC(=O)c2ccc(Br)s2)ccc1C. The Bertz CT molecular complexity index is 948. The molecule has 0 amide bonds. The number of nitrogens with zero attached hydrogens (tertiary/aromatic N) is 1. The van der Waals surface area contributed by atoms with E-state index >= 15 is 0 Å². The number of sulfonamides is 1. The molecule has 0 radical (unpaired) electrons. The fourth-order valence-electron chi connectivity index (χ4n) is 2.46. The van der Waals surface area contributed by atoms with Gasteiger partial charge in [0.2, 0.25) is 15.8 Å². The summed E-state index contributed by atoms with van der Waals surface area (Å²) in [5, 5.41) is 0. The minimum Gasteiger partial charge on any atom is -0.454 e. The van der Waals surface area contributed by atoms with Crippen molar-refractivity contribution in [2.75, 3.05) is 19.7 Å². The highest BCUT2D eigenvalue weighted by Gasteiger charge is 2.25. The van der Waals surface area contributed by atoms with Crippen molar-refractivity contribution in [1.29, 1.82) is 0 Å². The van der Waals surface area contributed by atoms with Crippen LogP contribution in [0.15, 0.2) is 39.0 Å². The van der Waals surface area contributed by atoms with Gasteiger partial charge >= 0.3 is 5.97 Å². The van der Waals surface area contributed by atoms with E-state index in [-0.39, 0.29) is 16.2 Å². The van der Waals surface area contributed by atoms with E-state index in [1.807, 2.05) is 0 Å². The van der Waals surface area contributed by atoms with Crippen molar-refractivity contribution < 1.29 is 22.7 Å². The molecule has 2 rings (SSSR count). The molecule has 2 aromatic rings. The molecule has 0 bridgehead atoms. The fraction of sp³-hybridized carbons (Fsp3) is 0.333. The standard InChI is InChI=1S/C18H20BrNO5S2/c1-4-20(5-2)27(23,24)16-10-13(7-6-12(16)3)18(22)25-11-14(21)15-8-9-17(19)26-15/h6-10H,4-5,11H2,1-3H3. The van der Waals surface area contributed by atoms with Crippen LogP contribution in [-0.4, -0.2) is 44.2 Å². The van der Waals surface area contributed by atoms with E-state index in [9.17, 15) is 18.0 Å². The van der Waals surface area contributed by atoms with E-state index in [1.54, 1.807) is 39.0 Å². The predicted molar refractivity (Wildman–Crippen MR) is 108 cm³/mol. The molecule has 1 heterocycles. The van der Waals surface area contributed by atoms with Crippen LogP contribution < -0.4 is 0 Å². The van der Waals surface area contributed by atoms with Gasteiger partial charge in [0.15, 0.2) is 6.61 Å². The van der Waals surface area contributed by atoms with Crippen LogP contribution in [0.5, 0.6) is 0 Å². The fourth-order valence-corrected chi connectivity index (χ4v) is 5.48. The van der Waals surface area contributed by atoms with Crippen LogP contribution in [-0.2, 0) is 14.8 Å². The third-order valence-corrected chi connectivity index (χ3v) is 7.79. The van der Waals surface area contributed by atoms with Crippen molar-refractivity contribution in [1.82, 2.24) is 4.31 Å². The van der Waals surface area contributed by atoms with Crippen LogP contribution in [0, 0.1) is 6.92 Å². The predicted octanol–water partition coefficient (Wildman–Crippen LogP) is 3.89. The van der Waals surface area contributed by atoms with Crippen LogP contribution in [0.1, 0.15) is 39.4 Å². The number of esters is 1.